The summed E-state index contributed by atoms with van der Waals surface area (Å²) in [5, 5.41) is 13.2. The predicted molar refractivity (Wildman–Crippen MR) is 130 cm³/mol. The van der Waals surface area contributed by atoms with E-state index >= 15 is 0 Å². The van der Waals surface area contributed by atoms with Crippen LogP contribution in [0.1, 0.15) is 69.6 Å². The van der Waals surface area contributed by atoms with Crippen molar-refractivity contribution < 1.29 is 28.7 Å². The lowest BCUT2D eigenvalue weighted by Gasteiger charge is -2.36. The minimum absolute atomic E-state index is 0.0375. The van der Waals surface area contributed by atoms with Gasteiger partial charge in [-0.1, -0.05) is 27.7 Å². The van der Waals surface area contributed by atoms with E-state index in [0.29, 0.717) is 31.5 Å². The van der Waals surface area contributed by atoms with Crippen molar-refractivity contribution in [3.05, 3.63) is 17.5 Å². The largest absolute Gasteiger partial charge is 0.453 e. The molecule has 2 unspecified atom stereocenters. The molecule has 3 amide bonds. The number of nitrogens with one attached hydrogen (secondary N) is 4. The molecule has 36 heavy (non-hydrogen) atoms. The first-order chi connectivity index (χ1) is 17.0. The van der Waals surface area contributed by atoms with Crippen molar-refractivity contribution in [2.75, 3.05) is 19.7 Å². The standard InChI is InChI=1S/C24H38N6O6/c1-14(2)11-20(32)25-10-8-21(33)30-18(7-6-9-26-30)23(34)27-22(15(3)4)19(31)13-36-24(35)17-12-16(5)28-29-17/h12,14-15,18,22,26H,6-11,13H2,1-5H3,(H,25,32)(H,27,34)(H,28,29). The zero-order valence-corrected chi connectivity index (χ0v) is 21.7. The molecular formula is C24H38N6O6. The Morgan fingerprint density at radius 2 is 1.92 bits per heavy atom. The number of rotatable bonds is 12. The number of aromatic amines is 1. The van der Waals surface area contributed by atoms with Gasteiger partial charge in [0.15, 0.2) is 18.1 Å². The van der Waals surface area contributed by atoms with Crippen LogP contribution in [0.3, 0.4) is 0 Å². The van der Waals surface area contributed by atoms with E-state index in [1.807, 2.05) is 13.8 Å². The van der Waals surface area contributed by atoms with Crippen LogP contribution in [0.4, 0.5) is 0 Å². The highest BCUT2D eigenvalue weighted by atomic mass is 16.5. The molecule has 1 fully saturated rings. The number of hydrazine groups is 1. The van der Waals surface area contributed by atoms with Crippen LogP contribution in [0, 0.1) is 18.8 Å². The number of H-pyrrole nitrogens is 1. The number of aryl methyl sites for hydroxylation is 1. The van der Waals surface area contributed by atoms with E-state index in [4.69, 9.17) is 4.74 Å². The quantitative estimate of drug-likeness (QED) is 0.300. The van der Waals surface area contributed by atoms with Gasteiger partial charge in [-0.3, -0.25) is 29.3 Å². The van der Waals surface area contributed by atoms with Crippen LogP contribution in [0.25, 0.3) is 0 Å². The molecule has 0 saturated carbocycles. The number of Topliss-reactive ketones (excluding diaryl/α,β-unsaturated/α-hetero) is 1. The van der Waals surface area contributed by atoms with E-state index in [-0.39, 0.29) is 42.3 Å². The van der Waals surface area contributed by atoms with Crippen LogP contribution >= 0.6 is 0 Å². The van der Waals surface area contributed by atoms with E-state index in [9.17, 15) is 24.0 Å². The maximum Gasteiger partial charge on any atom is 0.359 e. The maximum atomic E-state index is 13.1. The normalized spacial score (nSPS) is 16.5. The number of aromatic nitrogens is 2. The number of hydrogen-bond donors (Lipinski definition) is 4. The van der Waals surface area contributed by atoms with Crippen molar-refractivity contribution in [1.82, 2.24) is 31.3 Å². The van der Waals surface area contributed by atoms with Gasteiger partial charge in [0.2, 0.25) is 17.7 Å². The van der Waals surface area contributed by atoms with Crippen LogP contribution < -0.4 is 16.1 Å². The van der Waals surface area contributed by atoms with Crippen molar-refractivity contribution in [3.63, 3.8) is 0 Å². The van der Waals surface area contributed by atoms with Gasteiger partial charge in [-0.05, 0) is 37.7 Å². The molecule has 1 aliphatic heterocycles. The minimum Gasteiger partial charge on any atom is -0.453 e. The lowest BCUT2D eigenvalue weighted by atomic mass is 9.98. The Morgan fingerprint density at radius 1 is 1.19 bits per heavy atom. The molecule has 1 saturated heterocycles. The third-order valence-corrected chi connectivity index (χ3v) is 5.65. The van der Waals surface area contributed by atoms with Gasteiger partial charge in [0.1, 0.15) is 6.04 Å². The summed E-state index contributed by atoms with van der Waals surface area (Å²) in [6, 6.07) is -0.201. The number of nitrogens with zero attached hydrogens (tertiary/aromatic N) is 2. The van der Waals surface area contributed by atoms with Crippen LogP contribution in [-0.2, 0) is 23.9 Å². The van der Waals surface area contributed by atoms with Gasteiger partial charge >= 0.3 is 5.97 Å². The number of amides is 3. The minimum atomic E-state index is -0.902. The van der Waals surface area contributed by atoms with Gasteiger partial charge < -0.3 is 15.4 Å². The first kappa shape index (κ1) is 29.0. The van der Waals surface area contributed by atoms with Crippen molar-refractivity contribution in [3.8, 4) is 0 Å². The molecule has 0 radical (unpaired) electrons. The fourth-order valence-corrected chi connectivity index (χ4v) is 3.81. The summed E-state index contributed by atoms with van der Waals surface area (Å²) >= 11 is 0. The molecule has 12 heteroatoms. The van der Waals surface area contributed by atoms with Gasteiger partial charge in [-0.25, -0.2) is 10.2 Å². The van der Waals surface area contributed by atoms with Crippen molar-refractivity contribution in [1.29, 1.82) is 0 Å². The lowest BCUT2D eigenvalue weighted by molar-refractivity contribution is -0.147. The number of carbonyl (C=O) groups is 5. The van der Waals surface area contributed by atoms with Gasteiger partial charge in [0.25, 0.3) is 0 Å². The van der Waals surface area contributed by atoms with E-state index in [2.05, 4.69) is 26.3 Å². The Bertz CT molecular complexity index is 943. The summed E-state index contributed by atoms with van der Waals surface area (Å²) < 4.78 is 5.07. The van der Waals surface area contributed by atoms with Gasteiger partial charge in [-0.15, -0.1) is 0 Å². The summed E-state index contributed by atoms with van der Waals surface area (Å²) in [6.45, 7) is 9.32. The molecule has 2 atom stereocenters. The maximum absolute atomic E-state index is 13.1. The fraction of sp³-hybridized carbons (Fsp3) is 0.667. The highest BCUT2D eigenvalue weighted by Gasteiger charge is 2.35. The fourth-order valence-electron chi connectivity index (χ4n) is 3.81. The molecular weight excluding hydrogens is 468 g/mol. The topological polar surface area (TPSA) is 163 Å². The van der Waals surface area contributed by atoms with Crippen molar-refractivity contribution in [2.24, 2.45) is 11.8 Å². The Kier molecular flexibility index (Phi) is 11.0. The summed E-state index contributed by atoms with van der Waals surface area (Å²) in [4.78, 5) is 62.6. The summed E-state index contributed by atoms with van der Waals surface area (Å²) in [5.74, 6) is -2.18. The highest BCUT2D eigenvalue weighted by molar-refractivity contribution is 5.95. The van der Waals surface area contributed by atoms with Crippen LogP contribution in [-0.4, -0.2) is 76.5 Å². The second kappa shape index (κ2) is 13.7. The van der Waals surface area contributed by atoms with Gasteiger partial charge in [0.05, 0.1) is 6.04 Å². The zero-order valence-electron chi connectivity index (χ0n) is 21.7. The summed E-state index contributed by atoms with van der Waals surface area (Å²) in [5.41, 5.74) is 3.70. The number of ether oxygens (including phenoxy) is 1. The van der Waals surface area contributed by atoms with Crippen LogP contribution in [0.2, 0.25) is 0 Å². The second-order valence-corrected chi connectivity index (χ2v) is 9.74. The van der Waals surface area contributed by atoms with Crippen molar-refractivity contribution >= 4 is 29.5 Å². The Hall–Kier alpha value is -3.28. The second-order valence-electron chi connectivity index (χ2n) is 9.74. The molecule has 2 heterocycles. The monoisotopic (exact) mass is 506 g/mol. The molecule has 1 aliphatic rings. The smallest absolute Gasteiger partial charge is 0.359 e. The average Bonchev–Trinajstić information content (AvgIpc) is 3.26. The van der Waals surface area contributed by atoms with E-state index in [1.54, 1.807) is 20.8 Å². The van der Waals surface area contributed by atoms with Gasteiger partial charge in [0, 0.05) is 31.6 Å². The van der Waals surface area contributed by atoms with Crippen LogP contribution in [0.5, 0.6) is 0 Å². The number of carbonyl (C=O) groups excluding carboxylic acids is 5. The predicted octanol–water partition coefficient (Wildman–Crippen LogP) is 0.633. The van der Waals surface area contributed by atoms with Crippen molar-refractivity contribution in [2.45, 2.75) is 72.4 Å². The first-order valence-electron chi connectivity index (χ1n) is 12.3. The van der Waals surface area contributed by atoms with E-state index < -0.39 is 36.4 Å². The molecule has 200 valence electrons. The number of ketones is 1. The lowest BCUT2D eigenvalue weighted by Crippen LogP contribution is -2.61. The highest BCUT2D eigenvalue weighted by Crippen LogP contribution is 2.14. The molecule has 4 N–H and O–H groups in total. The number of esters is 1. The average molecular weight is 507 g/mol. The Labute approximate surface area is 211 Å². The number of hydrogen-bond acceptors (Lipinski definition) is 8. The third-order valence-electron chi connectivity index (χ3n) is 5.65. The molecule has 0 spiro atoms. The first-order valence-corrected chi connectivity index (χ1v) is 12.3. The Morgan fingerprint density at radius 3 is 2.53 bits per heavy atom. The van der Waals surface area contributed by atoms with E-state index in [1.165, 1.54) is 11.1 Å². The molecule has 0 aliphatic carbocycles. The molecule has 0 bridgehead atoms. The zero-order chi connectivity index (χ0) is 26.8. The third kappa shape index (κ3) is 8.74. The summed E-state index contributed by atoms with van der Waals surface area (Å²) in [6.07, 6.45) is 1.52. The Balaban J connectivity index is 1.93. The molecule has 0 aromatic carbocycles. The molecule has 1 aromatic heterocycles. The van der Waals surface area contributed by atoms with E-state index in [0.717, 1.165) is 0 Å². The SMILES string of the molecule is Cc1cc(C(=O)OCC(=O)C(NC(=O)C2CCCNN2C(=O)CCNC(=O)CC(C)C)C(C)C)n[nH]1. The summed E-state index contributed by atoms with van der Waals surface area (Å²) in [7, 11) is 0. The molecule has 12 nitrogen and oxygen atoms in total. The molecule has 2 rings (SSSR count). The van der Waals surface area contributed by atoms with Gasteiger partial charge in [-0.2, -0.15) is 5.10 Å². The molecule has 1 aromatic rings. The van der Waals surface area contributed by atoms with Crippen LogP contribution in [0.15, 0.2) is 6.07 Å².